The Bertz CT molecular complexity index is 851. The van der Waals surface area contributed by atoms with Gasteiger partial charge in [-0.25, -0.2) is 4.98 Å². The number of pyridine rings is 1. The Morgan fingerprint density at radius 1 is 1.20 bits per heavy atom. The lowest BCUT2D eigenvalue weighted by molar-refractivity contribution is 0.477. The van der Waals surface area contributed by atoms with E-state index in [0.29, 0.717) is 0 Å². The molecule has 3 rings (SSSR count). The van der Waals surface area contributed by atoms with Crippen LogP contribution >= 0.6 is 0 Å². The van der Waals surface area contributed by atoms with Crippen LogP contribution in [0.5, 0.6) is 0 Å². The summed E-state index contributed by atoms with van der Waals surface area (Å²) in [6.07, 6.45) is 5.00. The number of aryl methyl sites for hydroxylation is 1. The van der Waals surface area contributed by atoms with Crippen LogP contribution in [0, 0.1) is 6.92 Å². The molecule has 2 heterocycles. The van der Waals surface area contributed by atoms with Crippen LogP contribution in [0.15, 0.2) is 59.9 Å². The van der Waals surface area contributed by atoms with Crippen LogP contribution in [0.3, 0.4) is 0 Å². The van der Waals surface area contributed by atoms with Crippen LogP contribution < -0.4 is 5.32 Å². The van der Waals surface area contributed by atoms with Gasteiger partial charge in [-0.3, -0.25) is 4.99 Å². The molecule has 5 nitrogen and oxygen atoms in total. The molecule has 0 bridgehead atoms. The van der Waals surface area contributed by atoms with Crippen molar-refractivity contribution in [1.82, 2.24) is 19.6 Å². The molecule has 0 spiro atoms. The number of hydrogen-bond donors (Lipinski definition) is 1. The summed E-state index contributed by atoms with van der Waals surface area (Å²) >= 11 is 0. The molecule has 5 heteroatoms. The number of fused-ring (bicyclic) bond motifs is 1. The van der Waals surface area contributed by atoms with Crippen molar-refractivity contribution < 1.29 is 0 Å². The van der Waals surface area contributed by atoms with Gasteiger partial charge in [0.2, 0.25) is 0 Å². The van der Waals surface area contributed by atoms with E-state index >= 15 is 0 Å². The first-order chi connectivity index (χ1) is 12.2. The van der Waals surface area contributed by atoms with Gasteiger partial charge in [-0.2, -0.15) is 0 Å². The van der Waals surface area contributed by atoms with Gasteiger partial charge in [-0.15, -0.1) is 0 Å². The molecule has 2 aromatic heterocycles. The third kappa shape index (κ3) is 4.18. The smallest absolute Gasteiger partial charge is 0.193 e. The van der Waals surface area contributed by atoms with Crippen LogP contribution in [0.2, 0.25) is 0 Å². The standard InChI is InChI=1S/C20H25N5/c1-16-8-7-13-25-15-18(23-19(16)25)11-12-22-20(21-2)24(3)14-17-9-5-4-6-10-17/h4-10,13,15H,11-12,14H2,1-3H3,(H,21,22). The lowest BCUT2D eigenvalue weighted by atomic mass is 10.2. The van der Waals surface area contributed by atoms with Gasteiger partial charge in [-0.05, 0) is 24.1 Å². The van der Waals surface area contributed by atoms with Gasteiger partial charge < -0.3 is 14.6 Å². The molecule has 0 aliphatic heterocycles. The third-order valence-electron chi connectivity index (χ3n) is 4.23. The lowest BCUT2D eigenvalue weighted by Crippen LogP contribution is -2.39. The number of aliphatic imine (C=N–C) groups is 1. The van der Waals surface area contributed by atoms with E-state index in [4.69, 9.17) is 4.98 Å². The van der Waals surface area contributed by atoms with Gasteiger partial charge in [0.15, 0.2) is 5.96 Å². The van der Waals surface area contributed by atoms with Crippen molar-refractivity contribution in [3.8, 4) is 0 Å². The highest BCUT2D eigenvalue weighted by molar-refractivity contribution is 5.79. The first-order valence-electron chi connectivity index (χ1n) is 8.56. The summed E-state index contributed by atoms with van der Waals surface area (Å²) in [6.45, 7) is 3.72. The molecule has 130 valence electrons. The van der Waals surface area contributed by atoms with Crippen LogP contribution in [0.4, 0.5) is 0 Å². The second kappa shape index (κ2) is 7.83. The molecule has 1 N–H and O–H groups in total. The molecule has 0 saturated carbocycles. The summed E-state index contributed by atoms with van der Waals surface area (Å²) in [5.74, 6) is 0.892. The minimum atomic E-state index is 0.800. The number of guanidine groups is 1. The predicted molar refractivity (Wildman–Crippen MR) is 103 cm³/mol. The highest BCUT2D eigenvalue weighted by Crippen LogP contribution is 2.10. The second-order valence-corrected chi connectivity index (χ2v) is 6.22. The minimum Gasteiger partial charge on any atom is -0.356 e. The summed E-state index contributed by atoms with van der Waals surface area (Å²) in [4.78, 5) is 11.2. The molecule has 0 amide bonds. The number of benzene rings is 1. The fourth-order valence-electron chi connectivity index (χ4n) is 2.94. The van der Waals surface area contributed by atoms with Crippen LogP contribution in [-0.2, 0) is 13.0 Å². The Morgan fingerprint density at radius 2 is 2.00 bits per heavy atom. The minimum absolute atomic E-state index is 0.800. The topological polar surface area (TPSA) is 44.9 Å². The lowest BCUT2D eigenvalue weighted by Gasteiger charge is -2.22. The summed E-state index contributed by atoms with van der Waals surface area (Å²) in [5, 5.41) is 3.42. The van der Waals surface area contributed by atoms with E-state index < -0.39 is 0 Å². The van der Waals surface area contributed by atoms with Crippen molar-refractivity contribution >= 4 is 11.6 Å². The van der Waals surface area contributed by atoms with E-state index in [1.165, 1.54) is 11.1 Å². The Labute approximate surface area is 149 Å². The maximum Gasteiger partial charge on any atom is 0.193 e. The highest BCUT2D eigenvalue weighted by atomic mass is 15.3. The van der Waals surface area contributed by atoms with E-state index in [0.717, 1.165) is 36.8 Å². The van der Waals surface area contributed by atoms with Gasteiger partial charge in [0.05, 0.1) is 5.69 Å². The van der Waals surface area contributed by atoms with Crippen molar-refractivity contribution in [1.29, 1.82) is 0 Å². The third-order valence-corrected chi connectivity index (χ3v) is 4.23. The molecule has 0 atom stereocenters. The van der Waals surface area contributed by atoms with Crippen LogP contribution in [0.1, 0.15) is 16.8 Å². The van der Waals surface area contributed by atoms with Crippen LogP contribution in [-0.4, -0.2) is 40.9 Å². The Kier molecular flexibility index (Phi) is 5.33. The van der Waals surface area contributed by atoms with Gasteiger partial charge in [0.1, 0.15) is 5.65 Å². The zero-order valence-electron chi connectivity index (χ0n) is 15.1. The number of aromatic nitrogens is 2. The first-order valence-corrected chi connectivity index (χ1v) is 8.56. The molecule has 0 fully saturated rings. The molecule has 25 heavy (non-hydrogen) atoms. The van der Waals surface area contributed by atoms with Crippen LogP contribution in [0.25, 0.3) is 5.65 Å². The van der Waals surface area contributed by atoms with Crippen molar-refractivity contribution in [3.63, 3.8) is 0 Å². The maximum atomic E-state index is 4.72. The number of imidazole rings is 1. The quantitative estimate of drug-likeness (QED) is 0.576. The fourth-order valence-corrected chi connectivity index (χ4v) is 2.94. The van der Waals surface area contributed by atoms with Crippen molar-refractivity contribution in [2.24, 2.45) is 4.99 Å². The maximum absolute atomic E-state index is 4.72. The number of hydrogen-bond acceptors (Lipinski definition) is 2. The van der Waals surface area contributed by atoms with E-state index in [1.807, 2.05) is 25.4 Å². The van der Waals surface area contributed by atoms with Gasteiger partial charge in [-0.1, -0.05) is 36.4 Å². The Morgan fingerprint density at radius 3 is 2.72 bits per heavy atom. The summed E-state index contributed by atoms with van der Waals surface area (Å²) < 4.78 is 2.08. The average molecular weight is 335 g/mol. The number of nitrogens with zero attached hydrogens (tertiary/aromatic N) is 4. The van der Waals surface area contributed by atoms with E-state index in [-0.39, 0.29) is 0 Å². The first kappa shape index (κ1) is 17.0. The van der Waals surface area contributed by atoms with Crippen molar-refractivity contribution in [2.45, 2.75) is 19.9 Å². The average Bonchev–Trinajstić information content (AvgIpc) is 3.04. The Balaban J connectivity index is 1.56. The van der Waals surface area contributed by atoms with Gasteiger partial charge in [0.25, 0.3) is 0 Å². The molecular formula is C20H25N5. The highest BCUT2D eigenvalue weighted by Gasteiger charge is 2.07. The van der Waals surface area contributed by atoms with Gasteiger partial charge in [0, 0.05) is 46.0 Å². The number of rotatable bonds is 5. The van der Waals surface area contributed by atoms with Crippen molar-refractivity contribution in [2.75, 3.05) is 20.6 Å². The Hall–Kier alpha value is -2.82. The SMILES string of the molecule is CN=C(NCCc1cn2cccc(C)c2n1)N(C)Cc1ccccc1. The summed E-state index contributed by atoms with van der Waals surface area (Å²) in [7, 11) is 3.87. The fraction of sp³-hybridized carbons (Fsp3) is 0.300. The van der Waals surface area contributed by atoms with Crippen molar-refractivity contribution in [3.05, 3.63) is 71.7 Å². The molecular weight excluding hydrogens is 310 g/mol. The monoisotopic (exact) mass is 335 g/mol. The normalized spacial score (nSPS) is 11.7. The van der Waals surface area contributed by atoms with E-state index in [2.05, 4.69) is 70.1 Å². The molecule has 3 aromatic rings. The zero-order valence-corrected chi connectivity index (χ0v) is 15.1. The predicted octanol–water partition coefficient (Wildman–Crippen LogP) is 2.89. The largest absolute Gasteiger partial charge is 0.356 e. The summed E-state index contributed by atoms with van der Waals surface area (Å²) in [6, 6.07) is 14.5. The van der Waals surface area contributed by atoms with E-state index in [1.54, 1.807) is 0 Å². The molecule has 0 saturated heterocycles. The van der Waals surface area contributed by atoms with E-state index in [9.17, 15) is 0 Å². The zero-order chi connectivity index (χ0) is 17.6. The molecule has 0 aliphatic rings. The molecule has 0 radical (unpaired) electrons. The molecule has 0 unspecified atom stereocenters. The van der Waals surface area contributed by atoms with Gasteiger partial charge >= 0.3 is 0 Å². The second-order valence-electron chi connectivity index (χ2n) is 6.22. The molecule has 1 aromatic carbocycles. The molecule has 0 aliphatic carbocycles. The summed E-state index contributed by atoms with van der Waals surface area (Å²) in [5.41, 5.74) is 4.58. The number of nitrogens with one attached hydrogen (secondary N) is 1.